The molecule has 0 aliphatic carbocycles. The molecule has 5 nitrogen and oxygen atoms in total. The molecule has 0 spiro atoms. The molecule has 1 unspecified atom stereocenters. The van der Waals surface area contributed by atoms with Crippen LogP contribution in [0.4, 0.5) is 0 Å². The number of nitrogens with zero attached hydrogens (tertiary/aromatic N) is 3. The summed E-state index contributed by atoms with van der Waals surface area (Å²) in [7, 11) is 0. The van der Waals surface area contributed by atoms with Crippen LogP contribution in [-0.4, -0.2) is 39.8 Å². The van der Waals surface area contributed by atoms with E-state index in [0.29, 0.717) is 17.6 Å². The highest BCUT2D eigenvalue weighted by Gasteiger charge is 2.24. The van der Waals surface area contributed by atoms with Crippen molar-refractivity contribution >= 4 is 0 Å². The highest BCUT2D eigenvalue weighted by atomic mass is 16.5. The zero-order chi connectivity index (χ0) is 10.7. The van der Waals surface area contributed by atoms with E-state index in [1.54, 1.807) is 0 Å². The fourth-order valence-corrected chi connectivity index (χ4v) is 2.04. The first-order valence-electron chi connectivity index (χ1n) is 5.49. The number of aliphatic hydroxyl groups is 1. The summed E-state index contributed by atoms with van der Waals surface area (Å²) >= 11 is 0. The average Bonchev–Trinajstić information content (AvgIpc) is 2.78. The van der Waals surface area contributed by atoms with Gasteiger partial charge >= 0.3 is 0 Å². The van der Waals surface area contributed by atoms with Crippen LogP contribution in [0.3, 0.4) is 0 Å². The molecule has 1 fully saturated rings. The second kappa shape index (κ2) is 4.72. The Morgan fingerprint density at radius 1 is 1.60 bits per heavy atom. The number of aliphatic hydroxyl groups excluding tert-OH is 1. The maximum atomic E-state index is 8.85. The number of rotatable bonds is 3. The Hall–Kier alpha value is -0.940. The number of piperidine rings is 1. The van der Waals surface area contributed by atoms with Crippen LogP contribution in [0.2, 0.25) is 0 Å². The summed E-state index contributed by atoms with van der Waals surface area (Å²) in [4.78, 5) is 6.55. The molecular formula is C10H17N3O2. The van der Waals surface area contributed by atoms with Gasteiger partial charge in [0.1, 0.15) is 6.61 Å². The van der Waals surface area contributed by atoms with Gasteiger partial charge < -0.3 is 14.5 Å². The molecule has 0 saturated carbocycles. The lowest BCUT2D eigenvalue weighted by atomic mass is 9.98. The quantitative estimate of drug-likeness (QED) is 0.799. The van der Waals surface area contributed by atoms with Gasteiger partial charge in [0.25, 0.3) is 0 Å². The Morgan fingerprint density at radius 3 is 3.13 bits per heavy atom. The maximum Gasteiger partial charge on any atom is 0.231 e. The van der Waals surface area contributed by atoms with E-state index >= 15 is 0 Å². The molecule has 1 atom stereocenters. The predicted molar refractivity (Wildman–Crippen MR) is 54.3 cm³/mol. The smallest absolute Gasteiger partial charge is 0.231 e. The van der Waals surface area contributed by atoms with Crippen LogP contribution in [0, 0.1) is 0 Å². The molecule has 1 aliphatic heterocycles. The third kappa shape index (κ3) is 2.35. The number of hydrogen-bond acceptors (Lipinski definition) is 5. The van der Waals surface area contributed by atoms with Crippen LogP contribution in [0.1, 0.15) is 37.4 Å². The summed E-state index contributed by atoms with van der Waals surface area (Å²) in [6.45, 7) is 5.23. The van der Waals surface area contributed by atoms with Gasteiger partial charge in [0.2, 0.25) is 5.89 Å². The SMILES string of the molecule is CCN1CCCC(c2nc(CO)no2)C1. The van der Waals surface area contributed by atoms with Crippen LogP contribution in [0.15, 0.2) is 4.52 Å². The first-order valence-corrected chi connectivity index (χ1v) is 5.49. The summed E-state index contributed by atoms with van der Waals surface area (Å²) in [5.41, 5.74) is 0. The Balaban J connectivity index is 2.03. The number of likely N-dealkylation sites (N-methyl/N-ethyl adjacent to an activating group) is 1. The highest BCUT2D eigenvalue weighted by Crippen LogP contribution is 2.25. The normalized spacial score (nSPS) is 23.2. The number of likely N-dealkylation sites (tertiary alicyclic amines) is 1. The molecule has 84 valence electrons. The van der Waals surface area contributed by atoms with Crippen molar-refractivity contribution in [3.05, 3.63) is 11.7 Å². The monoisotopic (exact) mass is 211 g/mol. The van der Waals surface area contributed by atoms with Gasteiger partial charge in [-0.05, 0) is 25.9 Å². The molecule has 1 aliphatic rings. The standard InChI is InChI=1S/C10H17N3O2/c1-2-13-5-3-4-8(6-13)10-11-9(7-14)12-15-10/h8,14H,2-7H2,1H3. The maximum absolute atomic E-state index is 8.85. The van der Waals surface area contributed by atoms with Gasteiger partial charge in [-0.3, -0.25) is 0 Å². The average molecular weight is 211 g/mol. The highest BCUT2D eigenvalue weighted by molar-refractivity contribution is 4.96. The van der Waals surface area contributed by atoms with Gasteiger partial charge in [-0.1, -0.05) is 12.1 Å². The molecule has 1 aromatic heterocycles. The number of hydrogen-bond donors (Lipinski definition) is 1. The molecule has 2 rings (SSSR count). The third-order valence-corrected chi connectivity index (χ3v) is 2.93. The molecule has 1 saturated heterocycles. The largest absolute Gasteiger partial charge is 0.388 e. The van der Waals surface area contributed by atoms with Crippen molar-refractivity contribution < 1.29 is 9.63 Å². The Kier molecular flexibility index (Phi) is 3.33. The van der Waals surface area contributed by atoms with E-state index in [0.717, 1.165) is 26.1 Å². The van der Waals surface area contributed by atoms with Gasteiger partial charge in [-0.2, -0.15) is 4.98 Å². The van der Waals surface area contributed by atoms with Gasteiger partial charge in [0, 0.05) is 6.54 Å². The van der Waals surface area contributed by atoms with E-state index in [9.17, 15) is 0 Å². The van der Waals surface area contributed by atoms with Crippen molar-refractivity contribution in [2.24, 2.45) is 0 Å². The van der Waals surface area contributed by atoms with E-state index in [2.05, 4.69) is 22.0 Å². The summed E-state index contributed by atoms with van der Waals surface area (Å²) < 4.78 is 5.14. The molecule has 0 bridgehead atoms. The summed E-state index contributed by atoms with van der Waals surface area (Å²) in [6, 6.07) is 0. The zero-order valence-electron chi connectivity index (χ0n) is 9.02. The Labute approximate surface area is 89.1 Å². The van der Waals surface area contributed by atoms with E-state index in [-0.39, 0.29) is 6.61 Å². The summed E-state index contributed by atoms with van der Waals surface area (Å²) in [6.07, 6.45) is 2.28. The lowest BCUT2D eigenvalue weighted by Gasteiger charge is -2.29. The zero-order valence-corrected chi connectivity index (χ0v) is 9.02. The molecule has 5 heteroatoms. The van der Waals surface area contributed by atoms with Crippen molar-refractivity contribution in [3.63, 3.8) is 0 Å². The van der Waals surface area contributed by atoms with E-state index in [4.69, 9.17) is 9.63 Å². The first kappa shape index (κ1) is 10.6. The summed E-state index contributed by atoms with van der Waals surface area (Å²) in [5.74, 6) is 1.40. The molecule has 1 N–H and O–H groups in total. The van der Waals surface area contributed by atoms with Crippen molar-refractivity contribution in [1.29, 1.82) is 0 Å². The topological polar surface area (TPSA) is 62.4 Å². The van der Waals surface area contributed by atoms with Crippen molar-refractivity contribution in [3.8, 4) is 0 Å². The van der Waals surface area contributed by atoms with E-state index in [1.165, 1.54) is 6.42 Å². The number of aromatic nitrogens is 2. The predicted octanol–water partition coefficient (Wildman–Crippen LogP) is 0.761. The minimum atomic E-state index is -0.145. The molecule has 2 heterocycles. The van der Waals surface area contributed by atoms with Crippen molar-refractivity contribution in [2.75, 3.05) is 19.6 Å². The Morgan fingerprint density at radius 2 is 2.47 bits per heavy atom. The lowest BCUT2D eigenvalue weighted by Crippen LogP contribution is -2.34. The van der Waals surface area contributed by atoms with Gasteiger partial charge in [-0.15, -0.1) is 0 Å². The van der Waals surface area contributed by atoms with Gasteiger partial charge in [0.15, 0.2) is 5.82 Å². The van der Waals surface area contributed by atoms with Crippen molar-refractivity contribution in [1.82, 2.24) is 15.0 Å². The minimum absolute atomic E-state index is 0.145. The minimum Gasteiger partial charge on any atom is -0.388 e. The second-order valence-corrected chi connectivity index (χ2v) is 3.94. The van der Waals surface area contributed by atoms with Crippen LogP contribution < -0.4 is 0 Å². The fraction of sp³-hybridized carbons (Fsp3) is 0.800. The molecule has 0 amide bonds. The molecule has 15 heavy (non-hydrogen) atoms. The molecule has 1 aromatic rings. The second-order valence-electron chi connectivity index (χ2n) is 3.94. The van der Waals surface area contributed by atoms with Crippen LogP contribution in [0.25, 0.3) is 0 Å². The van der Waals surface area contributed by atoms with E-state index < -0.39 is 0 Å². The van der Waals surface area contributed by atoms with Crippen molar-refractivity contribution in [2.45, 2.75) is 32.3 Å². The van der Waals surface area contributed by atoms with Gasteiger partial charge in [0.05, 0.1) is 5.92 Å². The fourth-order valence-electron chi connectivity index (χ4n) is 2.04. The van der Waals surface area contributed by atoms with Crippen LogP contribution in [-0.2, 0) is 6.61 Å². The molecule has 0 aromatic carbocycles. The first-order chi connectivity index (χ1) is 7.33. The third-order valence-electron chi connectivity index (χ3n) is 2.93. The van der Waals surface area contributed by atoms with Crippen LogP contribution in [0.5, 0.6) is 0 Å². The summed E-state index contributed by atoms with van der Waals surface area (Å²) in [5, 5.41) is 12.6. The lowest BCUT2D eigenvalue weighted by molar-refractivity contribution is 0.194. The Bertz CT molecular complexity index is 313. The molecule has 0 radical (unpaired) electrons. The van der Waals surface area contributed by atoms with E-state index in [1.807, 2.05) is 0 Å². The van der Waals surface area contributed by atoms with Crippen LogP contribution >= 0.6 is 0 Å². The molecular weight excluding hydrogens is 194 g/mol. The van der Waals surface area contributed by atoms with Gasteiger partial charge in [-0.25, -0.2) is 0 Å².